The number of nitrogens with zero attached hydrogens (tertiary/aromatic N) is 3. The maximum absolute atomic E-state index is 10.7. The molecule has 0 amide bonds. The van der Waals surface area contributed by atoms with Crippen LogP contribution in [0.25, 0.3) is 11.0 Å². The summed E-state index contributed by atoms with van der Waals surface area (Å²) in [7, 11) is -4.14. The maximum Gasteiger partial charge on any atom is 0.350 e. The van der Waals surface area contributed by atoms with Crippen LogP contribution in [0.4, 0.5) is 5.82 Å². The van der Waals surface area contributed by atoms with E-state index in [2.05, 4.69) is 9.97 Å². The van der Waals surface area contributed by atoms with Crippen molar-refractivity contribution in [3.05, 3.63) is 18.6 Å². The zero-order chi connectivity index (χ0) is 14.0. The summed E-state index contributed by atoms with van der Waals surface area (Å²) >= 11 is 0. The summed E-state index contributed by atoms with van der Waals surface area (Å²) in [6.07, 6.45) is 2.20. The molecule has 104 valence electrons. The normalized spacial score (nSPS) is 13.8. The molecular formula is C10H15N4O4P. The Morgan fingerprint density at radius 2 is 2.26 bits per heavy atom. The number of fused-ring (bicyclic) bond motifs is 1. The van der Waals surface area contributed by atoms with Crippen molar-refractivity contribution in [3.63, 3.8) is 0 Å². The lowest BCUT2D eigenvalue weighted by atomic mass is 10.4. The fourth-order valence-electron chi connectivity index (χ4n) is 1.72. The lowest BCUT2D eigenvalue weighted by Gasteiger charge is -2.14. The van der Waals surface area contributed by atoms with Crippen molar-refractivity contribution in [2.24, 2.45) is 0 Å². The number of ether oxygens (including phenoxy) is 1. The highest BCUT2D eigenvalue weighted by Gasteiger charge is 2.16. The zero-order valence-electron chi connectivity index (χ0n) is 10.3. The van der Waals surface area contributed by atoms with Gasteiger partial charge in [-0.3, -0.25) is 4.57 Å². The van der Waals surface area contributed by atoms with Crippen LogP contribution in [0.3, 0.4) is 0 Å². The molecule has 2 aromatic rings. The standard InChI is InChI=1S/C10H15N4O4P/c1-7(18-6-19(15,16)17)4-14-3-2-8-9(11)12-5-13-10(8)14/h2-3,5,7H,4,6H2,1H3,(H2,11,12,13)(H2,15,16,17)/t7-/m1/s1. The average Bonchev–Trinajstić information content (AvgIpc) is 2.71. The van der Waals surface area contributed by atoms with Gasteiger partial charge >= 0.3 is 7.60 Å². The highest BCUT2D eigenvalue weighted by atomic mass is 31.2. The van der Waals surface area contributed by atoms with Crippen LogP contribution in [0, 0.1) is 0 Å². The van der Waals surface area contributed by atoms with Gasteiger partial charge in [0.05, 0.1) is 18.0 Å². The lowest BCUT2D eigenvalue weighted by Crippen LogP contribution is -2.17. The minimum absolute atomic E-state index is 0.362. The quantitative estimate of drug-likeness (QED) is 0.686. The van der Waals surface area contributed by atoms with Crippen molar-refractivity contribution in [2.45, 2.75) is 19.6 Å². The molecular weight excluding hydrogens is 271 g/mol. The summed E-state index contributed by atoms with van der Waals surface area (Å²) in [6, 6.07) is 1.79. The molecule has 0 saturated heterocycles. The minimum Gasteiger partial charge on any atom is -0.383 e. The number of hydrogen-bond acceptors (Lipinski definition) is 5. The maximum atomic E-state index is 10.7. The van der Waals surface area contributed by atoms with Crippen molar-refractivity contribution >= 4 is 24.4 Å². The molecule has 0 spiro atoms. The average molecular weight is 286 g/mol. The van der Waals surface area contributed by atoms with Crippen LogP contribution in [0.2, 0.25) is 0 Å². The first-order chi connectivity index (χ1) is 8.87. The van der Waals surface area contributed by atoms with Crippen molar-refractivity contribution in [3.8, 4) is 0 Å². The molecule has 2 heterocycles. The van der Waals surface area contributed by atoms with Crippen molar-refractivity contribution < 1.29 is 19.1 Å². The molecule has 2 aromatic heterocycles. The van der Waals surface area contributed by atoms with Gasteiger partial charge in [-0.2, -0.15) is 0 Å². The van der Waals surface area contributed by atoms with Crippen LogP contribution in [0.1, 0.15) is 6.92 Å². The Morgan fingerprint density at radius 3 is 2.95 bits per heavy atom. The van der Waals surface area contributed by atoms with Gasteiger partial charge in [-0.25, -0.2) is 9.97 Å². The smallest absolute Gasteiger partial charge is 0.350 e. The molecule has 2 rings (SSSR count). The van der Waals surface area contributed by atoms with E-state index < -0.39 is 13.9 Å². The second kappa shape index (κ2) is 5.26. The molecule has 0 aliphatic rings. The second-order valence-corrected chi connectivity index (χ2v) is 5.82. The molecule has 0 aliphatic carbocycles. The van der Waals surface area contributed by atoms with E-state index in [0.717, 1.165) is 5.39 Å². The van der Waals surface area contributed by atoms with E-state index in [1.807, 2.05) is 0 Å². The summed E-state index contributed by atoms with van der Waals surface area (Å²) in [6.45, 7) is 2.14. The third-order valence-electron chi connectivity index (χ3n) is 2.57. The number of nitrogens with two attached hydrogens (primary N) is 1. The summed E-state index contributed by atoms with van der Waals surface area (Å²) in [4.78, 5) is 25.5. The van der Waals surface area contributed by atoms with E-state index in [1.54, 1.807) is 23.8 Å². The molecule has 0 aliphatic heterocycles. The van der Waals surface area contributed by atoms with E-state index in [1.165, 1.54) is 6.33 Å². The van der Waals surface area contributed by atoms with Gasteiger partial charge in [0, 0.05) is 6.20 Å². The first-order valence-corrected chi connectivity index (χ1v) is 7.38. The van der Waals surface area contributed by atoms with Crippen LogP contribution in [-0.2, 0) is 15.8 Å². The molecule has 0 bridgehead atoms. The Morgan fingerprint density at radius 1 is 1.53 bits per heavy atom. The second-order valence-electron chi connectivity index (χ2n) is 4.24. The molecule has 4 N–H and O–H groups in total. The monoisotopic (exact) mass is 286 g/mol. The Kier molecular flexibility index (Phi) is 3.86. The summed E-state index contributed by atoms with van der Waals surface area (Å²) in [5, 5.41) is 0.740. The molecule has 8 nitrogen and oxygen atoms in total. The molecule has 0 fully saturated rings. The highest BCUT2D eigenvalue weighted by Crippen LogP contribution is 2.34. The topological polar surface area (TPSA) is 123 Å². The fraction of sp³-hybridized carbons (Fsp3) is 0.400. The number of nitrogen functional groups attached to an aromatic ring is 1. The molecule has 0 aromatic carbocycles. The number of aromatic nitrogens is 3. The number of rotatable bonds is 5. The third-order valence-corrected chi connectivity index (χ3v) is 3.05. The van der Waals surface area contributed by atoms with E-state index in [0.29, 0.717) is 18.0 Å². The number of anilines is 1. The van der Waals surface area contributed by atoms with Crippen LogP contribution in [0.15, 0.2) is 18.6 Å². The van der Waals surface area contributed by atoms with Gasteiger partial charge in [-0.1, -0.05) is 0 Å². The molecule has 0 unspecified atom stereocenters. The van der Waals surface area contributed by atoms with Crippen LogP contribution < -0.4 is 5.73 Å². The number of hydrogen-bond donors (Lipinski definition) is 3. The molecule has 9 heteroatoms. The van der Waals surface area contributed by atoms with Gasteiger partial charge in [-0.05, 0) is 13.0 Å². The van der Waals surface area contributed by atoms with Crippen LogP contribution >= 0.6 is 7.60 Å². The predicted molar refractivity (Wildman–Crippen MR) is 69.4 cm³/mol. The van der Waals surface area contributed by atoms with Gasteiger partial charge in [0.15, 0.2) is 0 Å². The Balaban J connectivity index is 2.09. The van der Waals surface area contributed by atoms with Gasteiger partial charge in [0.25, 0.3) is 0 Å². The summed E-state index contributed by atoms with van der Waals surface area (Å²) < 4.78 is 17.6. The Labute approximate surface area is 109 Å². The van der Waals surface area contributed by atoms with Gasteiger partial charge < -0.3 is 24.8 Å². The van der Waals surface area contributed by atoms with Gasteiger partial charge in [-0.15, -0.1) is 0 Å². The van der Waals surface area contributed by atoms with Crippen LogP contribution in [-0.4, -0.2) is 36.8 Å². The fourth-order valence-corrected chi connectivity index (χ4v) is 2.17. The van der Waals surface area contributed by atoms with E-state index in [-0.39, 0.29) is 6.10 Å². The van der Waals surface area contributed by atoms with Gasteiger partial charge in [0.1, 0.15) is 24.1 Å². The Hall–Kier alpha value is -1.47. The van der Waals surface area contributed by atoms with E-state index in [9.17, 15) is 4.57 Å². The lowest BCUT2D eigenvalue weighted by molar-refractivity contribution is 0.0765. The SMILES string of the molecule is C[C@H](Cn1ccc2c(N)ncnc21)OCP(=O)(O)O. The first-order valence-electron chi connectivity index (χ1n) is 5.58. The van der Waals surface area contributed by atoms with E-state index >= 15 is 0 Å². The molecule has 19 heavy (non-hydrogen) atoms. The third kappa shape index (κ3) is 3.51. The predicted octanol–water partition coefficient (Wildman–Crippen LogP) is 0.554. The van der Waals surface area contributed by atoms with E-state index in [4.69, 9.17) is 20.3 Å². The van der Waals surface area contributed by atoms with Crippen molar-refractivity contribution in [2.75, 3.05) is 12.1 Å². The van der Waals surface area contributed by atoms with Crippen LogP contribution in [0.5, 0.6) is 0 Å². The first kappa shape index (κ1) is 14.0. The molecule has 0 radical (unpaired) electrons. The Bertz CT molecular complexity index is 623. The zero-order valence-corrected chi connectivity index (χ0v) is 11.2. The van der Waals surface area contributed by atoms with Crippen molar-refractivity contribution in [1.82, 2.24) is 14.5 Å². The minimum atomic E-state index is -4.14. The molecule has 1 atom stereocenters. The summed E-state index contributed by atoms with van der Waals surface area (Å²) in [5.74, 6) is 0.396. The largest absolute Gasteiger partial charge is 0.383 e. The molecule has 0 saturated carbocycles. The highest BCUT2D eigenvalue weighted by molar-refractivity contribution is 7.51. The summed E-state index contributed by atoms with van der Waals surface area (Å²) in [5.41, 5.74) is 6.38. The van der Waals surface area contributed by atoms with Gasteiger partial charge in [0.2, 0.25) is 0 Å². The van der Waals surface area contributed by atoms with Crippen molar-refractivity contribution in [1.29, 1.82) is 0 Å².